The van der Waals surface area contributed by atoms with Gasteiger partial charge < -0.3 is 9.84 Å². The maximum atomic E-state index is 10.4. The van der Waals surface area contributed by atoms with Crippen molar-refractivity contribution in [3.8, 4) is 0 Å². The van der Waals surface area contributed by atoms with Gasteiger partial charge in [0.2, 0.25) is 0 Å². The lowest BCUT2D eigenvalue weighted by Crippen LogP contribution is -2.15. The summed E-state index contributed by atoms with van der Waals surface area (Å²) >= 11 is 0. The molecule has 0 aliphatic heterocycles. The van der Waals surface area contributed by atoms with Gasteiger partial charge in [-0.15, -0.1) is 24.8 Å². The highest BCUT2D eigenvalue weighted by Crippen LogP contribution is 1.94. The van der Waals surface area contributed by atoms with Gasteiger partial charge >= 0.3 is 5.97 Å². The second-order valence-corrected chi connectivity index (χ2v) is 1.71. The molecule has 0 saturated carbocycles. The van der Waals surface area contributed by atoms with Crippen LogP contribution in [0, 0.1) is 0 Å². The SMILES string of the molecule is CCC(=O)OC(O)CC.Cl.Cl. The molecule has 0 bridgehead atoms. The van der Waals surface area contributed by atoms with E-state index >= 15 is 0 Å². The summed E-state index contributed by atoms with van der Waals surface area (Å²) in [5.74, 6) is -0.357. The first-order chi connectivity index (χ1) is 4.20. The molecule has 0 radical (unpaired) electrons. The third kappa shape index (κ3) is 10.0. The summed E-state index contributed by atoms with van der Waals surface area (Å²) in [5, 5.41) is 8.72. The molecule has 5 heteroatoms. The molecule has 11 heavy (non-hydrogen) atoms. The molecule has 0 rings (SSSR count). The molecule has 0 fully saturated rings. The Kier molecular flexibility index (Phi) is 15.6. The van der Waals surface area contributed by atoms with Crippen LogP contribution in [0.3, 0.4) is 0 Å². The van der Waals surface area contributed by atoms with Crippen LogP contribution >= 0.6 is 24.8 Å². The quantitative estimate of drug-likeness (QED) is 0.561. The first-order valence-corrected chi connectivity index (χ1v) is 3.08. The van der Waals surface area contributed by atoms with E-state index in [0.717, 1.165) is 0 Å². The highest BCUT2D eigenvalue weighted by Gasteiger charge is 2.04. The van der Waals surface area contributed by atoms with Crippen molar-refractivity contribution in [1.82, 2.24) is 0 Å². The zero-order valence-electron chi connectivity index (χ0n) is 6.57. The Labute approximate surface area is 78.9 Å². The summed E-state index contributed by atoms with van der Waals surface area (Å²) in [5.41, 5.74) is 0. The number of rotatable bonds is 3. The number of ether oxygens (including phenoxy) is 1. The summed E-state index contributed by atoms with van der Waals surface area (Å²) in [6.45, 7) is 3.43. The van der Waals surface area contributed by atoms with Crippen molar-refractivity contribution in [2.24, 2.45) is 0 Å². The van der Waals surface area contributed by atoms with Gasteiger partial charge in [-0.1, -0.05) is 13.8 Å². The second kappa shape index (κ2) is 10.0. The molecule has 0 spiro atoms. The molecule has 0 aliphatic carbocycles. The molecular weight excluding hydrogens is 191 g/mol. The minimum absolute atomic E-state index is 0. The van der Waals surface area contributed by atoms with Crippen LogP contribution in [0.1, 0.15) is 26.7 Å². The minimum atomic E-state index is -0.919. The van der Waals surface area contributed by atoms with E-state index in [1.165, 1.54) is 0 Å². The lowest BCUT2D eigenvalue weighted by Gasteiger charge is -2.07. The Bertz CT molecular complexity index is 97.8. The topological polar surface area (TPSA) is 46.5 Å². The Morgan fingerprint density at radius 3 is 2.18 bits per heavy atom. The van der Waals surface area contributed by atoms with Crippen molar-refractivity contribution in [3.05, 3.63) is 0 Å². The molecular formula is C6H14Cl2O3. The number of hydrogen-bond donors (Lipinski definition) is 1. The van der Waals surface area contributed by atoms with E-state index in [2.05, 4.69) is 4.74 Å². The Hall–Kier alpha value is 0.01000. The number of carbonyl (C=O) groups is 1. The standard InChI is InChI=1S/C6H12O3.2ClH/c1-3-5(7)9-6(8)4-2;;/h5,7H,3-4H2,1-2H3;2*1H. The van der Waals surface area contributed by atoms with Gasteiger partial charge in [-0.25, -0.2) is 0 Å². The summed E-state index contributed by atoms with van der Waals surface area (Å²) in [4.78, 5) is 10.4. The van der Waals surface area contributed by atoms with Crippen LogP contribution in [-0.4, -0.2) is 17.4 Å². The molecule has 0 saturated heterocycles. The molecule has 0 aromatic heterocycles. The molecule has 1 unspecified atom stereocenters. The van der Waals surface area contributed by atoms with Crippen molar-refractivity contribution in [3.63, 3.8) is 0 Å². The fourth-order valence-corrected chi connectivity index (χ4v) is 0.318. The molecule has 1 atom stereocenters. The largest absolute Gasteiger partial charge is 0.436 e. The summed E-state index contributed by atoms with van der Waals surface area (Å²) in [6, 6.07) is 0. The highest BCUT2D eigenvalue weighted by molar-refractivity contribution is 5.85. The lowest BCUT2D eigenvalue weighted by atomic mass is 10.4. The number of halogens is 2. The Balaban J connectivity index is -0.000000320. The number of carbonyl (C=O) groups excluding carboxylic acids is 1. The monoisotopic (exact) mass is 204 g/mol. The Morgan fingerprint density at radius 1 is 1.45 bits per heavy atom. The molecule has 0 aromatic carbocycles. The zero-order valence-corrected chi connectivity index (χ0v) is 8.20. The molecule has 0 aliphatic rings. The van der Waals surface area contributed by atoms with E-state index in [1.807, 2.05) is 0 Å². The van der Waals surface area contributed by atoms with Crippen LogP contribution < -0.4 is 0 Å². The Morgan fingerprint density at radius 2 is 1.91 bits per heavy atom. The van der Waals surface area contributed by atoms with Crippen LogP contribution in [0.15, 0.2) is 0 Å². The number of hydrogen-bond acceptors (Lipinski definition) is 3. The fraction of sp³-hybridized carbons (Fsp3) is 0.833. The average molecular weight is 205 g/mol. The third-order valence-corrected chi connectivity index (χ3v) is 0.905. The van der Waals surface area contributed by atoms with Crippen LogP contribution in [0.25, 0.3) is 0 Å². The average Bonchev–Trinajstić information content (AvgIpc) is 1.87. The third-order valence-electron chi connectivity index (χ3n) is 0.905. The van der Waals surface area contributed by atoms with E-state index in [4.69, 9.17) is 5.11 Å². The summed E-state index contributed by atoms with van der Waals surface area (Å²) in [6.07, 6.45) is -0.152. The van der Waals surface area contributed by atoms with Crippen molar-refractivity contribution in [1.29, 1.82) is 0 Å². The van der Waals surface area contributed by atoms with Gasteiger partial charge in [0.15, 0.2) is 6.29 Å². The van der Waals surface area contributed by atoms with Gasteiger partial charge in [0.05, 0.1) is 0 Å². The molecule has 0 aromatic rings. The first-order valence-electron chi connectivity index (χ1n) is 3.08. The second-order valence-electron chi connectivity index (χ2n) is 1.71. The smallest absolute Gasteiger partial charge is 0.307 e. The normalized spacial score (nSPS) is 10.5. The van der Waals surface area contributed by atoms with Crippen LogP contribution in [-0.2, 0) is 9.53 Å². The number of esters is 1. The van der Waals surface area contributed by atoms with E-state index < -0.39 is 6.29 Å². The predicted octanol–water partition coefficient (Wildman–Crippen LogP) is 1.51. The van der Waals surface area contributed by atoms with Crippen molar-refractivity contribution in [2.75, 3.05) is 0 Å². The van der Waals surface area contributed by atoms with E-state index in [1.54, 1.807) is 13.8 Å². The van der Waals surface area contributed by atoms with Gasteiger partial charge in [0, 0.05) is 12.8 Å². The van der Waals surface area contributed by atoms with Crippen molar-refractivity contribution in [2.45, 2.75) is 33.0 Å². The van der Waals surface area contributed by atoms with E-state index in [9.17, 15) is 4.79 Å². The highest BCUT2D eigenvalue weighted by atomic mass is 35.5. The van der Waals surface area contributed by atoms with Crippen molar-refractivity contribution < 1.29 is 14.6 Å². The van der Waals surface area contributed by atoms with Crippen molar-refractivity contribution >= 4 is 30.8 Å². The van der Waals surface area contributed by atoms with Crippen LogP contribution in [0.5, 0.6) is 0 Å². The van der Waals surface area contributed by atoms with Gasteiger partial charge in [-0.05, 0) is 0 Å². The number of aliphatic hydroxyl groups is 1. The van der Waals surface area contributed by atoms with E-state index in [0.29, 0.717) is 12.8 Å². The van der Waals surface area contributed by atoms with Gasteiger partial charge in [-0.3, -0.25) is 4.79 Å². The summed E-state index contributed by atoms with van der Waals surface area (Å²) in [7, 11) is 0. The number of aliphatic hydroxyl groups excluding tert-OH is 1. The molecule has 0 amide bonds. The molecule has 0 heterocycles. The molecule has 1 N–H and O–H groups in total. The van der Waals surface area contributed by atoms with Gasteiger partial charge in [0.25, 0.3) is 0 Å². The lowest BCUT2D eigenvalue weighted by molar-refractivity contribution is -0.167. The predicted molar refractivity (Wildman–Crippen MR) is 47.2 cm³/mol. The summed E-state index contributed by atoms with van der Waals surface area (Å²) < 4.78 is 4.47. The maximum Gasteiger partial charge on any atom is 0.307 e. The van der Waals surface area contributed by atoms with Crippen LogP contribution in [0.2, 0.25) is 0 Å². The fourth-order valence-electron chi connectivity index (χ4n) is 0.318. The zero-order chi connectivity index (χ0) is 7.28. The molecule has 3 nitrogen and oxygen atoms in total. The van der Waals surface area contributed by atoms with Crippen LogP contribution in [0.4, 0.5) is 0 Å². The molecule has 70 valence electrons. The van der Waals surface area contributed by atoms with Gasteiger partial charge in [-0.2, -0.15) is 0 Å². The first kappa shape index (κ1) is 17.2. The van der Waals surface area contributed by atoms with E-state index in [-0.39, 0.29) is 30.8 Å². The maximum absolute atomic E-state index is 10.4. The minimum Gasteiger partial charge on any atom is -0.436 e. The van der Waals surface area contributed by atoms with Gasteiger partial charge in [0.1, 0.15) is 0 Å².